The van der Waals surface area contributed by atoms with Gasteiger partial charge in [-0.3, -0.25) is 14.4 Å². The lowest BCUT2D eigenvalue weighted by Crippen LogP contribution is -2.52. The summed E-state index contributed by atoms with van der Waals surface area (Å²) < 4.78 is 0. The van der Waals surface area contributed by atoms with Crippen molar-refractivity contribution >= 4 is 28.5 Å². The topological polar surface area (TPSA) is 70.6 Å². The molecule has 0 unspecified atom stereocenters. The third-order valence-electron chi connectivity index (χ3n) is 4.90. The van der Waals surface area contributed by atoms with Gasteiger partial charge in [-0.05, 0) is 24.3 Å². The molecular weight excluding hydrogens is 354 g/mol. The number of hydrogen-bond donors (Lipinski definition) is 0. The van der Waals surface area contributed by atoms with Gasteiger partial charge in [0.1, 0.15) is 5.69 Å². The van der Waals surface area contributed by atoms with Crippen molar-refractivity contribution in [2.45, 2.75) is 0 Å². The Kier molecular flexibility index (Phi) is 4.85. The van der Waals surface area contributed by atoms with Gasteiger partial charge < -0.3 is 9.80 Å². The van der Waals surface area contributed by atoms with Crippen LogP contribution in [0.4, 0.5) is 0 Å². The van der Waals surface area contributed by atoms with E-state index in [1.807, 2.05) is 42.5 Å². The maximum absolute atomic E-state index is 12.6. The van der Waals surface area contributed by atoms with Crippen molar-refractivity contribution in [2.24, 2.45) is 0 Å². The minimum Gasteiger partial charge on any atom is -0.335 e. The van der Waals surface area contributed by atoms with E-state index in [0.29, 0.717) is 37.3 Å². The number of pyridine rings is 1. The van der Waals surface area contributed by atoms with E-state index < -0.39 is 11.7 Å². The van der Waals surface area contributed by atoms with E-state index in [2.05, 4.69) is 4.98 Å². The van der Waals surface area contributed by atoms with Crippen LogP contribution in [0.3, 0.4) is 0 Å². The molecular formula is C22H19N3O3. The number of rotatable bonds is 3. The zero-order chi connectivity index (χ0) is 19.5. The van der Waals surface area contributed by atoms with E-state index >= 15 is 0 Å². The average Bonchev–Trinajstić information content (AvgIpc) is 2.78. The summed E-state index contributed by atoms with van der Waals surface area (Å²) in [5, 5.41) is 0.916. The Hall–Kier alpha value is -3.54. The molecule has 28 heavy (non-hydrogen) atoms. The maximum atomic E-state index is 12.6. The van der Waals surface area contributed by atoms with Crippen LogP contribution in [0.2, 0.25) is 0 Å². The SMILES string of the molecule is O=C(C(=O)N1CCN(C(=O)c2ccccc2)CC1)c1ccc2ccccc2n1. The van der Waals surface area contributed by atoms with Crippen LogP contribution in [0.5, 0.6) is 0 Å². The molecule has 4 rings (SSSR count). The molecule has 3 aromatic rings. The van der Waals surface area contributed by atoms with Gasteiger partial charge in [-0.2, -0.15) is 0 Å². The van der Waals surface area contributed by atoms with Gasteiger partial charge in [0.2, 0.25) is 0 Å². The Balaban J connectivity index is 1.41. The van der Waals surface area contributed by atoms with Crippen LogP contribution < -0.4 is 0 Å². The molecule has 2 amide bonds. The van der Waals surface area contributed by atoms with Gasteiger partial charge in [-0.1, -0.05) is 42.5 Å². The lowest BCUT2D eigenvalue weighted by molar-refractivity contribution is -0.127. The van der Waals surface area contributed by atoms with Gasteiger partial charge in [0.05, 0.1) is 5.52 Å². The predicted molar refractivity (Wildman–Crippen MR) is 105 cm³/mol. The van der Waals surface area contributed by atoms with Crippen molar-refractivity contribution < 1.29 is 14.4 Å². The first kappa shape index (κ1) is 17.9. The molecule has 1 saturated heterocycles. The number of hydrogen-bond acceptors (Lipinski definition) is 4. The molecule has 140 valence electrons. The second-order valence-electron chi connectivity index (χ2n) is 6.67. The number of para-hydroxylation sites is 1. The Morgan fingerprint density at radius 2 is 1.36 bits per heavy atom. The Morgan fingerprint density at radius 1 is 0.714 bits per heavy atom. The maximum Gasteiger partial charge on any atom is 0.296 e. The Bertz CT molecular complexity index is 1040. The number of Topliss-reactive ketones (excluding diaryl/α,β-unsaturated/α-hetero) is 1. The number of amides is 2. The monoisotopic (exact) mass is 373 g/mol. The number of piperazine rings is 1. The van der Waals surface area contributed by atoms with Gasteiger partial charge in [-0.15, -0.1) is 0 Å². The molecule has 0 aliphatic carbocycles. The van der Waals surface area contributed by atoms with Crippen molar-refractivity contribution in [3.63, 3.8) is 0 Å². The summed E-state index contributed by atoms with van der Waals surface area (Å²) in [6.45, 7) is 1.46. The van der Waals surface area contributed by atoms with Crippen molar-refractivity contribution in [1.29, 1.82) is 0 Å². The zero-order valence-electron chi connectivity index (χ0n) is 15.2. The minimum absolute atomic E-state index is 0.0600. The summed E-state index contributed by atoms with van der Waals surface area (Å²) in [6.07, 6.45) is 0. The van der Waals surface area contributed by atoms with E-state index in [0.717, 1.165) is 5.39 Å². The minimum atomic E-state index is -0.617. The molecule has 0 saturated carbocycles. The lowest BCUT2D eigenvalue weighted by atomic mass is 10.1. The molecule has 0 radical (unpaired) electrons. The summed E-state index contributed by atoms with van der Waals surface area (Å²) in [4.78, 5) is 45.2. The highest BCUT2D eigenvalue weighted by atomic mass is 16.2. The Morgan fingerprint density at radius 3 is 2.11 bits per heavy atom. The van der Waals surface area contributed by atoms with Crippen molar-refractivity contribution in [3.05, 3.63) is 78.0 Å². The lowest BCUT2D eigenvalue weighted by Gasteiger charge is -2.34. The fraction of sp³-hybridized carbons (Fsp3) is 0.182. The van der Waals surface area contributed by atoms with Crippen LogP contribution in [-0.4, -0.2) is 58.6 Å². The summed E-state index contributed by atoms with van der Waals surface area (Å²) in [6, 6.07) is 19.9. The molecule has 2 heterocycles. The smallest absolute Gasteiger partial charge is 0.296 e. The van der Waals surface area contributed by atoms with Crippen molar-refractivity contribution in [1.82, 2.24) is 14.8 Å². The molecule has 0 atom stereocenters. The molecule has 1 aliphatic rings. The third-order valence-corrected chi connectivity index (χ3v) is 4.90. The van der Waals surface area contributed by atoms with Crippen LogP contribution >= 0.6 is 0 Å². The fourth-order valence-corrected chi connectivity index (χ4v) is 3.32. The second-order valence-corrected chi connectivity index (χ2v) is 6.67. The quantitative estimate of drug-likeness (QED) is 0.522. The van der Waals surface area contributed by atoms with Gasteiger partial charge in [0.25, 0.3) is 17.6 Å². The summed E-state index contributed by atoms with van der Waals surface area (Å²) >= 11 is 0. The second kappa shape index (κ2) is 7.60. The highest BCUT2D eigenvalue weighted by Crippen LogP contribution is 2.14. The Labute approximate surface area is 162 Å². The van der Waals surface area contributed by atoms with E-state index in [9.17, 15) is 14.4 Å². The van der Waals surface area contributed by atoms with Crippen LogP contribution in [0.15, 0.2) is 66.7 Å². The highest BCUT2D eigenvalue weighted by Gasteiger charge is 2.29. The number of carbonyl (C=O) groups is 3. The van der Waals surface area contributed by atoms with Crippen LogP contribution in [-0.2, 0) is 4.79 Å². The number of carbonyl (C=O) groups excluding carboxylic acids is 3. The van der Waals surface area contributed by atoms with E-state index in [4.69, 9.17) is 0 Å². The van der Waals surface area contributed by atoms with E-state index in [1.54, 1.807) is 29.2 Å². The molecule has 2 aromatic carbocycles. The van der Waals surface area contributed by atoms with Gasteiger partial charge in [0, 0.05) is 37.1 Å². The highest BCUT2D eigenvalue weighted by molar-refractivity contribution is 6.42. The fourth-order valence-electron chi connectivity index (χ4n) is 3.32. The van der Waals surface area contributed by atoms with Crippen LogP contribution in [0.25, 0.3) is 10.9 Å². The number of benzene rings is 2. The standard InChI is InChI=1S/C22H19N3O3/c26-20(19-11-10-16-6-4-5-9-18(16)23-19)22(28)25-14-12-24(13-15-25)21(27)17-7-2-1-3-8-17/h1-11H,12-15H2. The molecule has 6 heteroatoms. The van der Waals surface area contributed by atoms with E-state index in [-0.39, 0.29) is 11.6 Å². The van der Waals surface area contributed by atoms with Gasteiger partial charge in [0.15, 0.2) is 0 Å². The van der Waals surface area contributed by atoms with Crippen molar-refractivity contribution in [3.8, 4) is 0 Å². The summed E-state index contributed by atoms with van der Waals surface area (Å²) in [7, 11) is 0. The molecule has 1 aliphatic heterocycles. The molecule has 6 nitrogen and oxygen atoms in total. The average molecular weight is 373 g/mol. The van der Waals surface area contributed by atoms with Crippen molar-refractivity contribution in [2.75, 3.05) is 26.2 Å². The number of ketones is 1. The van der Waals surface area contributed by atoms with E-state index in [1.165, 1.54) is 4.90 Å². The zero-order valence-corrected chi connectivity index (χ0v) is 15.2. The first-order valence-electron chi connectivity index (χ1n) is 9.17. The summed E-state index contributed by atoms with van der Waals surface area (Å²) in [5.41, 5.74) is 1.45. The molecule has 0 bridgehead atoms. The first-order valence-corrected chi connectivity index (χ1v) is 9.17. The molecule has 1 fully saturated rings. The molecule has 1 aromatic heterocycles. The number of fused-ring (bicyclic) bond motifs is 1. The van der Waals surface area contributed by atoms with Gasteiger partial charge in [-0.25, -0.2) is 4.98 Å². The first-order chi connectivity index (χ1) is 13.6. The normalized spacial score (nSPS) is 14.1. The number of nitrogens with zero attached hydrogens (tertiary/aromatic N) is 3. The summed E-state index contributed by atoms with van der Waals surface area (Å²) in [5.74, 6) is -1.25. The largest absolute Gasteiger partial charge is 0.335 e. The number of aromatic nitrogens is 1. The predicted octanol–water partition coefficient (Wildman–Crippen LogP) is 2.40. The van der Waals surface area contributed by atoms with Gasteiger partial charge >= 0.3 is 0 Å². The molecule has 0 N–H and O–H groups in total. The molecule has 0 spiro atoms. The van der Waals surface area contributed by atoms with Crippen LogP contribution in [0.1, 0.15) is 20.8 Å². The third kappa shape index (κ3) is 3.49. The van der Waals surface area contributed by atoms with Crippen LogP contribution in [0, 0.1) is 0 Å².